The summed E-state index contributed by atoms with van der Waals surface area (Å²) in [7, 11) is 0. The normalized spacial score (nSPS) is 28.7. The fourth-order valence-corrected chi connectivity index (χ4v) is 3.34. The van der Waals surface area contributed by atoms with Crippen LogP contribution in [0.5, 0.6) is 0 Å². The van der Waals surface area contributed by atoms with E-state index in [0.717, 1.165) is 5.92 Å². The van der Waals surface area contributed by atoms with E-state index in [-0.39, 0.29) is 0 Å². The van der Waals surface area contributed by atoms with Gasteiger partial charge in [0.1, 0.15) is 0 Å². The highest BCUT2D eigenvalue weighted by Gasteiger charge is 2.17. The summed E-state index contributed by atoms with van der Waals surface area (Å²) in [6.45, 7) is 2.24. The number of rotatable bonds is 5. The molecule has 0 saturated heterocycles. The Hall–Kier alpha value is 0.640. The molecule has 14 heavy (non-hydrogen) atoms. The van der Waals surface area contributed by atoms with E-state index in [9.17, 15) is 0 Å². The minimum absolute atomic E-state index is 0.473. The lowest BCUT2D eigenvalue weighted by Crippen LogP contribution is -2.06. The Kier molecular flexibility index (Phi) is 7.14. The zero-order valence-electron chi connectivity index (χ0n) is 9.30. The lowest BCUT2D eigenvalue weighted by molar-refractivity contribution is 0.427. The highest BCUT2D eigenvalue weighted by Crippen LogP contribution is 2.29. The van der Waals surface area contributed by atoms with E-state index in [2.05, 4.69) is 18.7 Å². The minimum atomic E-state index is 0.473. The van der Waals surface area contributed by atoms with E-state index in [1.165, 1.54) is 56.5 Å². The van der Waals surface area contributed by atoms with Crippen LogP contribution >= 0.6 is 23.4 Å². The molecule has 0 aromatic heterocycles. The van der Waals surface area contributed by atoms with Crippen molar-refractivity contribution in [2.24, 2.45) is 5.92 Å². The van der Waals surface area contributed by atoms with Crippen molar-refractivity contribution in [1.82, 2.24) is 0 Å². The number of hydrogen-bond acceptors (Lipinski definition) is 1. The van der Waals surface area contributed by atoms with Gasteiger partial charge in [0.25, 0.3) is 0 Å². The third-order valence-electron chi connectivity index (χ3n) is 3.07. The molecule has 84 valence electrons. The summed E-state index contributed by atoms with van der Waals surface area (Å²) in [6, 6.07) is 0. The third kappa shape index (κ3) is 5.50. The van der Waals surface area contributed by atoms with Crippen molar-refractivity contribution in [3.05, 3.63) is 0 Å². The Balaban J connectivity index is 2.09. The topological polar surface area (TPSA) is 0 Å². The van der Waals surface area contributed by atoms with Gasteiger partial charge in [-0.25, -0.2) is 0 Å². The molecule has 2 unspecified atom stereocenters. The molecule has 1 fully saturated rings. The van der Waals surface area contributed by atoms with E-state index >= 15 is 0 Å². The molecule has 0 heterocycles. The first-order chi connectivity index (χ1) is 6.83. The van der Waals surface area contributed by atoms with Crippen molar-refractivity contribution in [3.63, 3.8) is 0 Å². The molecule has 1 saturated carbocycles. The molecule has 2 heteroatoms. The second kappa shape index (κ2) is 7.87. The highest BCUT2D eigenvalue weighted by atomic mass is 35.5. The third-order valence-corrected chi connectivity index (χ3v) is 4.46. The minimum Gasteiger partial charge on any atom is -0.162 e. The van der Waals surface area contributed by atoms with Crippen molar-refractivity contribution >= 4 is 23.4 Å². The van der Waals surface area contributed by atoms with Crippen LogP contribution in [0.25, 0.3) is 0 Å². The Morgan fingerprint density at radius 3 is 2.86 bits per heavy atom. The second-order valence-corrected chi connectivity index (χ2v) is 6.33. The molecule has 0 amide bonds. The average molecular weight is 235 g/mol. The van der Waals surface area contributed by atoms with E-state index in [1.54, 1.807) is 0 Å². The second-order valence-electron chi connectivity index (χ2n) is 4.32. The van der Waals surface area contributed by atoms with Gasteiger partial charge in [-0.3, -0.25) is 0 Å². The van der Waals surface area contributed by atoms with Gasteiger partial charge in [0.05, 0.1) is 0 Å². The fraction of sp³-hybridized carbons (Fsp3) is 1.00. The van der Waals surface area contributed by atoms with Gasteiger partial charge in [-0.15, -0.1) is 11.6 Å². The molecule has 0 spiro atoms. The quantitative estimate of drug-likeness (QED) is 0.377. The summed E-state index contributed by atoms with van der Waals surface area (Å²) >= 11 is 8.32. The zero-order valence-corrected chi connectivity index (χ0v) is 10.9. The lowest BCUT2D eigenvalue weighted by atomic mass is 9.95. The van der Waals surface area contributed by atoms with Crippen LogP contribution in [0.1, 0.15) is 51.9 Å². The van der Waals surface area contributed by atoms with Crippen LogP contribution in [0.15, 0.2) is 0 Å². The van der Waals surface area contributed by atoms with Crippen LogP contribution in [-0.4, -0.2) is 16.9 Å². The highest BCUT2D eigenvalue weighted by molar-refractivity contribution is 7.99. The maximum absolute atomic E-state index is 6.25. The Bertz CT molecular complexity index is 138. The molecule has 1 rings (SSSR count). The summed E-state index contributed by atoms with van der Waals surface area (Å²) in [5.74, 6) is 3.54. The number of alkyl halides is 1. The van der Waals surface area contributed by atoms with E-state index in [1.807, 2.05) is 0 Å². The predicted octanol–water partition coefficient (Wildman–Crippen LogP) is 4.71. The first-order valence-electron chi connectivity index (χ1n) is 6.04. The summed E-state index contributed by atoms with van der Waals surface area (Å²) in [4.78, 5) is 0. The average Bonchev–Trinajstić information content (AvgIpc) is 2.38. The Morgan fingerprint density at radius 2 is 2.07 bits per heavy atom. The molecule has 0 aliphatic heterocycles. The molecule has 0 radical (unpaired) electrons. The Labute approximate surface area is 98.2 Å². The van der Waals surface area contributed by atoms with Crippen molar-refractivity contribution < 1.29 is 0 Å². The molecule has 0 N–H and O–H groups in total. The van der Waals surface area contributed by atoms with Crippen molar-refractivity contribution in [3.8, 4) is 0 Å². The van der Waals surface area contributed by atoms with Crippen LogP contribution in [0.3, 0.4) is 0 Å². The maximum atomic E-state index is 6.25. The largest absolute Gasteiger partial charge is 0.162 e. The molecule has 0 aromatic carbocycles. The summed E-state index contributed by atoms with van der Waals surface area (Å²) in [6.07, 6.45) is 9.53. The van der Waals surface area contributed by atoms with E-state index in [0.29, 0.717) is 5.38 Å². The van der Waals surface area contributed by atoms with Crippen LogP contribution in [-0.2, 0) is 0 Å². The smallest absolute Gasteiger partial charge is 0.0338 e. The molecule has 0 aromatic rings. The van der Waals surface area contributed by atoms with Crippen molar-refractivity contribution in [1.29, 1.82) is 0 Å². The van der Waals surface area contributed by atoms with E-state index in [4.69, 9.17) is 11.6 Å². The van der Waals surface area contributed by atoms with Gasteiger partial charge in [-0.05, 0) is 43.1 Å². The van der Waals surface area contributed by atoms with Crippen LogP contribution in [0.4, 0.5) is 0 Å². The summed E-state index contributed by atoms with van der Waals surface area (Å²) in [5, 5.41) is 0.473. The van der Waals surface area contributed by atoms with Gasteiger partial charge in [0.15, 0.2) is 0 Å². The zero-order chi connectivity index (χ0) is 10.2. The molecule has 1 aliphatic rings. The monoisotopic (exact) mass is 234 g/mol. The molecular weight excluding hydrogens is 212 g/mol. The molecule has 0 nitrogen and oxygen atoms in total. The Morgan fingerprint density at radius 1 is 1.29 bits per heavy atom. The maximum Gasteiger partial charge on any atom is 0.0338 e. The molecule has 2 atom stereocenters. The van der Waals surface area contributed by atoms with Gasteiger partial charge in [0.2, 0.25) is 0 Å². The van der Waals surface area contributed by atoms with Gasteiger partial charge in [-0.2, -0.15) is 11.8 Å². The number of hydrogen-bond donors (Lipinski definition) is 0. The standard InChI is InChI=1S/C12H23ClS/c1-2-14-9-5-7-11-6-3-4-8-12(13)10-11/h11-12H,2-10H2,1H3. The van der Waals surface area contributed by atoms with E-state index < -0.39 is 0 Å². The first kappa shape index (κ1) is 12.7. The predicted molar refractivity (Wildman–Crippen MR) is 68.4 cm³/mol. The van der Waals surface area contributed by atoms with Crippen LogP contribution < -0.4 is 0 Å². The van der Waals surface area contributed by atoms with Gasteiger partial charge < -0.3 is 0 Å². The van der Waals surface area contributed by atoms with Crippen molar-refractivity contribution in [2.75, 3.05) is 11.5 Å². The lowest BCUT2D eigenvalue weighted by Gasteiger charge is -2.15. The number of halogens is 1. The first-order valence-corrected chi connectivity index (χ1v) is 7.64. The van der Waals surface area contributed by atoms with Crippen LogP contribution in [0, 0.1) is 5.92 Å². The molecule has 1 aliphatic carbocycles. The van der Waals surface area contributed by atoms with Gasteiger partial charge in [-0.1, -0.05) is 26.2 Å². The SMILES string of the molecule is CCSCCCC1CCCCC(Cl)C1. The van der Waals surface area contributed by atoms with Gasteiger partial charge in [0, 0.05) is 5.38 Å². The fourth-order valence-electron chi connectivity index (χ4n) is 2.28. The molecular formula is C12H23ClS. The molecule has 0 bridgehead atoms. The summed E-state index contributed by atoms with van der Waals surface area (Å²) in [5.41, 5.74) is 0. The van der Waals surface area contributed by atoms with Gasteiger partial charge >= 0.3 is 0 Å². The summed E-state index contributed by atoms with van der Waals surface area (Å²) < 4.78 is 0. The van der Waals surface area contributed by atoms with Crippen molar-refractivity contribution in [2.45, 2.75) is 57.2 Å². The number of thioether (sulfide) groups is 1. The van der Waals surface area contributed by atoms with Crippen LogP contribution in [0.2, 0.25) is 0 Å².